The lowest BCUT2D eigenvalue weighted by molar-refractivity contribution is -0.155. The molecule has 9 nitrogen and oxygen atoms in total. The maximum atomic E-state index is 13.6. The van der Waals surface area contributed by atoms with E-state index < -0.39 is 17.3 Å². The topological polar surface area (TPSA) is 107 Å². The number of ether oxygens (including phenoxy) is 4. The third-order valence-corrected chi connectivity index (χ3v) is 6.59. The first-order chi connectivity index (χ1) is 20.2. The number of nitrogens with zero attached hydrogens (tertiary/aromatic N) is 4. The van der Waals surface area contributed by atoms with E-state index in [1.807, 2.05) is 0 Å². The number of aromatic nitrogens is 2. The number of carbonyl (C=O) groups is 1. The van der Waals surface area contributed by atoms with E-state index in [9.17, 15) is 23.2 Å². The summed E-state index contributed by atoms with van der Waals surface area (Å²) in [6.45, 7) is 5.73. The molecule has 0 aliphatic rings. The molecule has 0 radical (unpaired) electrons. The summed E-state index contributed by atoms with van der Waals surface area (Å²) in [7, 11) is 3.00. The third-order valence-electron chi connectivity index (χ3n) is 5.85. The average molecular weight is 666 g/mol. The van der Waals surface area contributed by atoms with Crippen molar-refractivity contribution in [3.05, 3.63) is 69.5 Å². The highest BCUT2D eigenvalue weighted by molar-refractivity contribution is 9.10. The molecule has 3 rings (SSSR count). The number of alkyl halides is 3. The van der Waals surface area contributed by atoms with Crippen LogP contribution in [0.15, 0.2) is 47.2 Å². The Kier molecular flexibility index (Phi) is 11.2. The summed E-state index contributed by atoms with van der Waals surface area (Å²) in [4.78, 5) is 22.3. The Morgan fingerprint density at radius 2 is 1.65 bits per heavy atom. The first kappa shape index (κ1) is 33.5. The Labute approximate surface area is 256 Å². The Morgan fingerprint density at radius 1 is 1.00 bits per heavy atom. The Balaban J connectivity index is 1.86. The van der Waals surface area contributed by atoms with Crippen LogP contribution in [0.5, 0.6) is 17.2 Å². The lowest BCUT2D eigenvalue weighted by Gasteiger charge is -2.25. The predicted octanol–water partition coefficient (Wildman–Crippen LogP) is 6.85. The molecule has 0 amide bonds. The molecule has 13 heteroatoms. The zero-order chi connectivity index (χ0) is 31.8. The molecule has 0 bridgehead atoms. The number of esters is 1. The fourth-order valence-corrected chi connectivity index (χ4v) is 4.45. The van der Waals surface area contributed by atoms with Crippen molar-refractivity contribution >= 4 is 27.8 Å². The van der Waals surface area contributed by atoms with E-state index in [0.29, 0.717) is 28.1 Å². The quantitative estimate of drug-likeness (QED) is 0.152. The highest BCUT2D eigenvalue weighted by Gasteiger charge is 2.31. The second kappa shape index (κ2) is 14.4. The number of hydrogen-bond acceptors (Lipinski definition) is 9. The van der Waals surface area contributed by atoms with E-state index in [1.54, 1.807) is 43.9 Å². The number of methoxy groups -OCH3 is 2. The lowest BCUT2D eigenvalue weighted by Crippen LogP contribution is -2.25. The monoisotopic (exact) mass is 664 g/mol. The van der Waals surface area contributed by atoms with E-state index in [1.165, 1.54) is 32.7 Å². The maximum absolute atomic E-state index is 13.6. The Hall–Kier alpha value is -4.05. The van der Waals surface area contributed by atoms with Gasteiger partial charge in [0.2, 0.25) is 5.95 Å². The zero-order valence-corrected chi connectivity index (χ0v) is 26.0. The van der Waals surface area contributed by atoms with Crippen LogP contribution in [0.25, 0.3) is 0 Å². The van der Waals surface area contributed by atoms with Crippen molar-refractivity contribution in [1.82, 2.24) is 9.97 Å². The molecule has 0 atom stereocenters. The van der Waals surface area contributed by atoms with Gasteiger partial charge in [0.05, 0.1) is 50.4 Å². The van der Waals surface area contributed by atoms with E-state index in [4.69, 9.17) is 18.9 Å². The number of halogens is 4. The minimum absolute atomic E-state index is 0.0462. The minimum Gasteiger partial charge on any atom is -0.493 e. The van der Waals surface area contributed by atoms with Crippen molar-refractivity contribution in [3.8, 4) is 23.3 Å². The van der Waals surface area contributed by atoms with Crippen LogP contribution < -0.4 is 19.1 Å². The molecule has 0 spiro atoms. The van der Waals surface area contributed by atoms with Crippen LogP contribution in [0.3, 0.4) is 0 Å². The minimum atomic E-state index is -4.63. The molecule has 0 fully saturated rings. The van der Waals surface area contributed by atoms with Gasteiger partial charge in [-0.3, -0.25) is 4.79 Å². The van der Waals surface area contributed by atoms with Gasteiger partial charge in [0, 0.05) is 24.0 Å². The molecule has 0 saturated heterocycles. The summed E-state index contributed by atoms with van der Waals surface area (Å²) in [5, 5.41) is 9.35. The smallest absolute Gasteiger partial charge is 0.416 e. The van der Waals surface area contributed by atoms with Crippen molar-refractivity contribution in [1.29, 1.82) is 5.26 Å². The van der Waals surface area contributed by atoms with Crippen molar-refractivity contribution < 1.29 is 36.9 Å². The van der Waals surface area contributed by atoms with Gasteiger partial charge in [-0.25, -0.2) is 9.97 Å². The van der Waals surface area contributed by atoms with Crippen molar-refractivity contribution in [2.75, 3.05) is 25.7 Å². The van der Waals surface area contributed by atoms with Crippen molar-refractivity contribution in [3.63, 3.8) is 0 Å². The first-order valence-corrected chi connectivity index (χ1v) is 13.9. The van der Waals surface area contributed by atoms with Gasteiger partial charge in [-0.1, -0.05) is 15.9 Å². The van der Waals surface area contributed by atoms with Gasteiger partial charge in [-0.2, -0.15) is 18.4 Å². The van der Waals surface area contributed by atoms with Gasteiger partial charge in [-0.15, -0.1) is 0 Å². The fourth-order valence-electron chi connectivity index (χ4n) is 4.00. The van der Waals surface area contributed by atoms with Crippen LogP contribution in [-0.4, -0.2) is 42.4 Å². The van der Waals surface area contributed by atoms with Crippen LogP contribution in [0, 0.1) is 11.3 Å². The Bertz CT molecular complexity index is 1450. The molecule has 1 aromatic heterocycles. The van der Waals surface area contributed by atoms with Crippen molar-refractivity contribution in [2.24, 2.45) is 0 Å². The predicted molar refractivity (Wildman–Crippen MR) is 156 cm³/mol. The number of rotatable bonds is 12. The zero-order valence-electron chi connectivity index (χ0n) is 24.4. The van der Waals surface area contributed by atoms with E-state index in [-0.39, 0.29) is 49.2 Å². The van der Waals surface area contributed by atoms with Gasteiger partial charge in [0.15, 0.2) is 17.2 Å². The summed E-state index contributed by atoms with van der Waals surface area (Å²) < 4.78 is 63.1. The fraction of sp³-hybridized carbons (Fsp3) is 0.400. The van der Waals surface area contributed by atoms with Gasteiger partial charge in [0.1, 0.15) is 5.60 Å². The standard InChI is InChI=1S/C30H32BrF3N4O5/c1-29(2,3)43-27(39)7-6-8-42-23-15-36-28(37-16-23)38(18-21-12-25(40-4)26(41-5)13-24(21)31)17-20-9-19(14-35)10-22(11-20)30(32,33)34/h9-13,15-16H,6-8,17-18H2,1-5H3. The second-order valence-corrected chi connectivity index (χ2v) is 11.3. The molecule has 2 aromatic carbocycles. The molecule has 0 aliphatic heterocycles. The van der Waals surface area contributed by atoms with Crippen LogP contribution in [-0.2, 0) is 28.8 Å². The van der Waals surface area contributed by atoms with E-state index >= 15 is 0 Å². The Morgan fingerprint density at radius 3 is 2.23 bits per heavy atom. The van der Waals surface area contributed by atoms with Gasteiger partial charge in [-0.05, 0) is 68.7 Å². The average Bonchev–Trinajstić information content (AvgIpc) is 2.94. The normalized spacial score (nSPS) is 11.4. The number of hydrogen-bond donors (Lipinski definition) is 0. The molecule has 0 unspecified atom stereocenters. The highest BCUT2D eigenvalue weighted by Crippen LogP contribution is 2.35. The van der Waals surface area contributed by atoms with Crippen LogP contribution >= 0.6 is 15.9 Å². The molecule has 0 aliphatic carbocycles. The van der Waals surface area contributed by atoms with Crippen LogP contribution in [0.1, 0.15) is 55.9 Å². The number of anilines is 1. The lowest BCUT2D eigenvalue weighted by atomic mass is 10.0. The van der Waals surface area contributed by atoms with Gasteiger partial charge >= 0.3 is 12.1 Å². The molecule has 43 heavy (non-hydrogen) atoms. The largest absolute Gasteiger partial charge is 0.493 e. The van der Waals surface area contributed by atoms with Gasteiger partial charge < -0.3 is 23.8 Å². The molecule has 3 aromatic rings. The van der Waals surface area contributed by atoms with Gasteiger partial charge in [0.25, 0.3) is 0 Å². The molecule has 0 saturated carbocycles. The summed E-state index contributed by atoms with van der Waals surface area (Å²) in [5.74, 6) is 1.19. The van der Waals surface area contributed by atoms with Crippen molar-refractivity contribution in [2.45, 2.75) is 58.5 Å². The summed E-state index contributed by atoms with van der Waals surface area (Å²) in [5.41, 5.74) is -0.646. The van der Waals surface area contributed by atoms with E-state index in [0.717, 1.165) is 17.7 Å². The molecule has 0 N–H and O–H groups in total. The molecule has 1 heterocycles. The van der Waals surface area contributed by atoms with E-state index in [2.05, 4.69) is 25.9 Å². The summed E-state index contributed by atoms with van der Waals surface area (Å²) in [6.07, 6.45) is -1.13. The summed E-state index contributed by atoms with van der Waals surface area (Å²) in [6, 6.07) is 8.46. The maximum Gasteiger partial charge on any atom is 0.416 e. The molecule has 230 valence electrons. The molecular weight excluding hydrogens is 633 g/mol. The van der Waals surface area contributed by atoms with Crippen LogP contribution in [0.2, 0.25) is 0 Å². The number of carbonyl (C=O) groups excluding carboxylic acids is 1. The number of nitriles is 1. The summed E-state index contributed by atoms with van der Waals surface area (Å²) >= 11 is 3.52. The first-order valence-electron chi connectivity index (χ1n) is 13.2. The third kappa shape index (κ3) is 10.0. The highest BCUT2D eigenvalue weighted by atomic mass is 79.9. The number of benzene rings is 2. The SMILES string of the molecule is COc1cc(Br)c(CN(Cc2cc(C#N)cc(C(F)(F)F)c2)c2ncc(OCCCC(=O)OC(C)(C)C)cn2)cc1OC. The molecular formula is C30H32BrF3N4O5. The second-order valence-electron chi connectivity index (χ2n) is 10.4. The van der Waals surface area contributed by atoms with Crippen LogP contribution in [0.4, 0.5) is 19.1 Å².